The van der Waals surface area contributed by atoms with Gasteiger partial charge in [0, 0.05) is 26.8 Å². The first-order valence-electron chi connectivity index (χ1n) is 12.1. The Morgan fingerprint density at radius 3 is 2.38 bits per heavy atom. The van der Waals surface area contributed by atoms with Crippen LogP contribution in [0.1, 0.15) is 31.2 Å². The van der Waals surface area contributed by atoms with Crippen LogP contribution in [0.4, 0.5) is 16.3 Å². The number of hydrogen-bond acceptors (Lipinski definition) is 13. The van der Waals surface area contributed by atoms with Gasteiger partial charge in [0.1, 0.15) is 17.7 Å². The summed E-state index contributed by atoms with van der Waals surface area (Å²) >= 11 is 0. The summed E-state index contributed by atoms with van der Waals surface area (Å²) in [7, 11) is 0.241. The number of methoxy groups -OCH3 is 3. The molecule has 2 aliphatic heterocycles. The van der Waals surface area contributed by atoms with Crippen molar-refractivity contribution < 1.29 is 31.8 Å². The lowest BCUT2D eigenvalue weighted by Crippen LogP contribution is -2.51. The quantitative estimate of drug-likeness (QED) is 0.389. The average Bonchev–Trinajstić information content (AvgIpc) is 3.62. The average molecular weight is 566 g/mol. The lowest BCUT2D eigenvalue weighted by atomic mass is 10.1. The van der Waals surface area contributed by atoms with Crippen LogP contribution in [0.3, 0.4) is 0 Å². The van der Waals surface area contributed by atoms with Gasteiger partial charge >= 0.3 is 0 Å². The predicted octanol–water partition coefficient (Wildman–Crippen LogP) is 0.891. The molecule has 3 aromatic rings. The van der Waals surface area contributed by atoms with Crippen molar-refractivity contribution in [1.82, 2.24) is 34.7 Å². The molecule has 15 nitrogen and oxygen atoms in total. The van der Waals surface area contributed by atoms with E-state index in [1.54, 1.807) is 4.90 Å². The molecule has 5 rings (SSSR count). The monoisotopic (exact) mass is 565 g/mol. The summed E-state index contributed by atoms with van der Waals surface area (Å²) in [6.45, 7) is 0.901. The Morgan fingerprint density at radius 2 is 1.77 bits per heavy atom. The number of ether oxygens (including phenoxy) is 4. The van der Waals surface area contributed by atoms with Crippen LogP contribution in [0.5, 0.6) is 11.8 Å². The van der Waals surface area contributed by atoms with Gasteiger partial charge in [-0.05, 0) is 19.3 Å². The van der Waals surface area contributed by atoms with Crippen LogP contribution in [-0.2, 0) is 19.5 Å². The van der Waals surface area contributed by atoms with Crippen molar-refractivity contribution in [3.8, 4) is 17.4 Å². The fourth-order valence-electron chi connectivity index (χ4n) is 4.66. The van der Waals surface area contributed by atoms with Gasteiger partial charge in [-0.3, -0.25) is 9.29 Å². The molecule has 2 aliphatic rings. The molecule has 17 heteroatoms. The second kappa shape index (κ2) is 11.2. The Bertz CT molecular complexity index is 1380. The first-order valence-corrected chi connectivity index (χ1v) is 13.7. The van der Waals surface area contributed by atoms with E-state index in [0.717, 1.165) is 18.8 Å². The predicted molar refractivity (Wildman–Crippen MR) is 134 cm³/mol. The molecule has 210 valence electrons. The van der Waals surface area contributed by atoms with E-state index in [0.29, 0.717) is 25.4 Å². The summed E-state index contributed by atoms with van der Waals surface area (Å²) in [5, 5.41) is 7.46. The third kappa shape index (κ3) is 5.41. The highest BCUT2D eigenvalue weighted by molar-refractivity contribution is 7.93. The molecule has 3 aromatic heterocycles. The Kier molecular flexibility index (Phi) is 7.72. The summed E-state index contributed by atoms with van der Waals surface area (Å²) in [5.41, 5.74) is 0.218. The highest BCUT2D eigenvalue weighted by atomic mass is 32.2. The van der Waals surface area contributed by atoms with Crippen molar-refractivity contribution >= 4 is 21.9 Å². The highest BCUT2D eigenvalue weighted by Crippen LogP contribution is 2.37. The van der Waals surface area contributed by atoms with Crippen molar-refractivity contribution in [2.45, 2.75) is 36.7 Å². The minimum absolute atomic E-state index is 0.0364. The van der Waals surface area contributed by atoms with Crippen molar-refractivity contribution in [1.29, 1.82) is 0 Å². The fourth-order valence-corrected chi connectivity index (χ4v) is 6.05. The first kappa shape index (κ1) is 26.9. The molecule has 2 fully saturated rings. The molecule has 0 aliphatic carbocycles. The van der Waals surface area contributed by atoms with Crippen molar-refractivity contribution in [2.75, 3.05) is 50.6 Å². The number of rotatable bonds is 9. The molecule has 0 radical (unpaired) electrons. The third-order valence-electron chi connectivity index (χ3n) is 6.54. The molecule has 0 amide bonds. The molecule has 3 atom stereocenters. The van der Waals surface area contributed by atoms with E-state index in [1.807, 2.05) is 0 Å². The molecule has 0 saturated carbocycles. The number of piperidine rings is 1. The SMILES string of the molecule is COc1ncnc(OC)c1-n1c(NS(=O)(=O)[C@H]2C[C@@H](OC)CN(c3ncc(F)cn3)C2)nnc1C1CCCO1. The lowest BCUT2D eigenvalue weighted by Gasteiger charge is -2.36. The molecular weight excluding hydrogens is 537 g/mol. The summed E-state index contributed by atoms with van der Waals surface area (Å²) in [4.78, 5) is 17.9. The number of nitrogens with zero attached hydrogens (tertiary/aromatic N) is 8. The Labute approximate surface area is 223 Å². The Balaban J connectivity index is 1.52. The molecule has 0 aromatic carbocycles. The Hall–Kier alpha value is -3.70. The largest absolute Gasteiger partial charge is 0.479 e. The van der Waals surface area contributed by atoms with Crippen LogP contribution in [0, 0.1) is 5.82 Å². The van der Waals surface area contributed by atoms with Gasteiger partial charge in [-0.25, -0.2) is 22.8 Å². The molecular formula is C22H28FN9O6S. The zero-order valence-electron chi connectivity index (χ0n) is 21.5. The van der Waals surface area contributed by atoms with Gasteiger partial charge < -0.3 is 23.8 Å². The minimum Gasteiger partial charge on any atom is -0.479 e. The van der Waals surface area contributed by atoms with Crippen molar-refractivity contribution in [3.05, 3.63) is 30.4 Å². The zero-order valence-corrected chi connectivity index (χ0v) is 22.3. The summed E-state index contributed by atoms with van der Waals surface area (Å²) < 4.78 is 67.2. The molecule has 0 bridgehead atoms. The van der Waals surface area contributed by atoms with Gasteiger partial charge in [0.05, 0.1) is 32.7 Å². The van der Waals surface area contributed by atoms with Gasteiger partial charge in [-0.2, -0.15) is 9.97 Å². The van der Waals surface area contributed by atoms with Gasteiger partial charge in [-0.15, -0.1) is 10.2 Å². The van der Waals surface area contributed by atoms with E-state index >= 15 is 0 Å². The standard InChI is InChI=1S/C22H28FN9O6S/c1-35-14-7-15(11-31(10-14)21-24-8-13(23)9-25-21)39(33,34)30-22-29-28-18(16-5-4-6-38-16)32(22)17-19(36-2)26-12-27-20(17)37-3/h8-9,12,14-16H,4-7,10-11H2,1-3H3,(H,29,30)/t14-,15+,16?/m1/s1. The van der Waals surface area contributed by atoms with Crippen molar-refractivity contribution in [3.63, 3.8) is 0 Å². The maximum atomic E-state index is 13.8. The maximum absolute atomic E-state index is 13.8. The first-order chi connectivity index (χ1) is 18.8. The fraction of sp³-hybridized carbons (Fsp3) is 0.545. The molecule has 1 N–H and O–H groups in total. The Morgan fingerprint density at radius 1 is 1.05 bits per heavy atom. The van der Waals surface area contributed by atoms with Crippen LogP contribution in [0.2, 0.25) is 0 Å². The zero-order chi connectivity index (χ0) is 27.6. The summed E-state index contributed by atoms with van der Waals surface area (Å²) in [6.07, 6.45) is 4.09. The van der Waals surface area contributed by atoms with Crippen LogP contribution in [-0.4, -0.2) is 95.5 Å². The van der Waals surface area contributed by atoms with E-state index in [4.69, 9.17) is 18.9 Å². The van der Waals surface area contributed by atoms with Gasteiger partial charge in [0.25, 0.3) is 0 Å². The van der Waals surface area contributed by atoms with Gasteiger partial charge in [-0.1, -0.05) is 0 Å². The van der Waals surface area contributed by atoms with Gasteiger partial charge in [0.15, 0.2) is 17.3 Å². The number of hydrogen-bond donors (Lipinski definition) is 1. The van der Waals surface area contributed by atoms with Crippen LogP contribution < -0.4 is 19.1 Å². The van der Waals surface area contributed by atoms with Crippen LogP contribution in [0.15, 0.2) is 18.7 Å². The van der Waals surface area contributed by atoms with Crippen LogP contribution >= 0.6 is 0 Å². The van der Waals surface area contributed by atoms with E-state index in [-0.39, 0.29) is 42.3 Å². The van der Waals surface area contributed by atoms with Gasteiger partial charge in [0.2, 0.25) is 33.7 Å². The molecule has 39 heavy (non-hydrogen) atoms. The van der Waals surface area contributed by atoms with E-state index in [9.17, 15) is 12.8 Å². The molecule has 2 saturated heterocycles. The van der Waals surface area contributed by atoms with Crippen molar-refractivity contribution in [2.24, 2.45) is 0 Å². The summed E-state index contributed by atoms with van der Waals surface area (Å²) in [6, 6.07) is 0. The van der Waals surface area contributed by atoms with Crippen LogP contribution in [0.25, 0.3) is 5.69 Å². The number of sulfonamides is 1. The van der Waals surface area contributed by atoms with E-state index in [2.05, 4.69) is 34.9 Å². The molecule has 1 unspecified atom stereocenters. The number of anilines is 2. The topological polar surface area (TPSA) is 169 Å². The summed E-state index contributed by atoms with van der Waals surface area (Å²) in [5.74, 6) is 0.0728. The molecule has 0 spiro atoms. The third-order valence-corrected chi connectivity index (χ3v) is 8.23. The lowest BCUT2D eigenvalue weighted by molar-refractivity contribution is 0.0898. The second-order valence-corrected chi connectivity index (χ2v) is 10.9. The maximum Gasteiger partial charge on any atom is 0.245 e. The number of nitrogens with one attached hydrogen (secondary N) is 1. The molecule has 5 heterocycles. The normalized spacial score (nSPS) is 21.6. The highest BCUT2D eigenvalue weighted by Gasteiger charge is 2.39. The minimum atomic E-state index is -4.10. The van der Waals surface area contributed by atoms with E-state index < -0.39 is 33.3 Å². The second-order valence-electron chi connectivity index (χ2n) is 8.93. The number of halogens is 1. The number of aromatic nitrogens is 7. The smallest absolute Gasteiger partial charge is 0.245 e. The van der Waals surface area contributed by atoms with E-state index in [1.165, 1.54) is 32.2 Å².